The van der Waals surface area contributed by atoms with Crippen molar-refractivity contribution in [3.63, 3.8) is 0 Å². The van der Waals surface area contributed by atoms with Gasteiger partial charge in [0.05, 0.1) is 23.2 Å². The predicted molar refractivity (Wildman–Crippen MR) is 132 cm³/mol. The van der Waals surface area contributed by atoms with E-state index < -0.39 is 5.41 Å². The summed E-state index contributed by atoms with van der Waals surface area (Å²) in [5.74, 6) is 1.42. The largest absolute Gasteiger partial charge is 0.465 e. The second-order valence-electron chi connectivity index (χ2n) is 12.3. The number of esters is 3. The zero-order chi connectivity index (χ0) is 24.9. The molecule has 0 N–H and O–H groups in total. The van der Waals surface area contributed by atoms with Crippen LogP contribution in [0.3, 0.4) is 0 Å². The van der Waals surface area contributed by atoms with Gasteiger partial charge in [-0.3, -0.25) is 14.4 Å². The molecule has 3 saturated carbocycles. The van der Waals surface area contributed by atoms with Crippen molar-refractivity contribution in [1.82, 2.24) is 0 Å². The van der Waals surface area contributed by atoms with Crippen LogP contribution in [0.4, 0.5) is 0 Å². The summed E-state index contributed by atoms with van der Waals surface area (Å²) in [4.78, 5) is 38.9. The van der Waals surface area contributed by atoms with Gasteiger partial charge in [-0.25, -0.2) is 0 Å². The normalized spacial score (nSPS) is 40.1. The first-order chi connectivity index (χ1) is 17.4. The maximum Gasteiger partial charge on any atom is 0.309 e. The van der Waals surface area contributed by atoms with Crippen molar-refractivity contribution >= 4 is 17.9 Å². The van der Waals surface area contributed by atoms with E-state index in [1.807, 2.05) is 6.92 Å². The van der Waals surface area contributed by atoms with E-state index in [1.165, 1.54) is 0 Å². The highest BCUT2D eigenvalue weighted by Gasteiger charge is 2.45. The molecule has 7 unspecified atom stereocenters. The standard InChI is InChI=1S/C30H38O6/c1-2-30(15-34-27(31)24-12-18-3-6-21(24)9-18,16-35-28(32)25-13-19-4-7-22(25)10-19)17-36-29(33)26-14-20-5-8-23(26)11-20/h3-8,18-26H,2,9-17H2,1H3/t18-,19?,20?,21?,22?,23?,24+,25?,26?,30?/m1/s1. The summed E-state index contributed by atoms with van der Waals surface area (Å²) in [5, 5.41) is 0. The van der Waals surface area contributed by atoms with Gasteiger partial charge in [0.25, 0.3) is 0 Å². The lowest BCUT2D eigenvalue weighted by molar-refractivity contribution is -0.168. The average Bonchev–Trinajstić information content (AvgIpc) is 3.74. The fourth-order valence-electron chi connectivity index (χ4n) is 7.58. The number of rotatable bonds is 10. The first kappa shape index (κ1) is 24.0. The molecule has 0 saturated heterocycles. The Bertz CT molecular complexity index is 872. The van der Waals surface area contributed by atoms with Crippen molar-refractivity contribution in [2.45, 2.75) is 51.9 Å². The molecule has 0 amide bonds. The van der Waals surface area contributed by atoms with Crippen molar-refractivity contribution in [3.8, 4) is 0 Å². The fraction of sp³-hybridized carbons (Fsp3) is 0.700. The zero-order valence-electron chi connectivity index (χ0n) is 21.2. The van der Waals surface area contributed by atoms with Gasteiger partial charge in [0.2, 0.25) is 0 Å². The van der Waals surface area contributed by atoms with Gasteiger partial charge < -0.3 is 14.2 Å². The molecule has 194 valence electrons. The third-order valence-electron chi connectivity index (χ3n) is 10.1. The fourth-order valence-corrected chi connectivity index (χ4v) is 7.58. The Morgan fingerprint density at radius 1 is 0.583 bits per heavy atom. The van der Waals surface area contributed by atoms with Crippen molar-refractivity contribution in [3.05, 3.63) is 36.5 Å². The van der Waals surface area contributed by atoms with E-state index in [4.69, 9.17) is 14.2 Å². The molecule has 0 radical (unpaired) electrons. The second kappa shape index (κ2) is 9.50. The summed E-state index contributed by atoms with van der Waals surface area (Å²) < 4.78 is 17.6. The highest BCUT2D eigenvalue weighted by molar-refractivity contribution is 5.75. The SMILES string of the molecule is CCC(COC(=O)C1CC2C=CC1C2)(COC(=O)C1CC2C=CC1C2)COC(=O)[C@H]1C[C@@H]2C=CC1C2. The third kappa shape index (κ3) is 4.45. The lowest BCUT2D eigenvalue weighted by atomic mass is 9.87. The van der Waals surface area contributed by atoms with Crippen LogP contribution >= 0.6 is 0 Å². The average molecular weight is 495 g/mol. The summed E-state index contributed by atoms with van der Waals surface area (Å²) in [6.07, 6.45) is 19.3. The Labute approximate surface area is 213 Å². The molecule has 0 aromatic rings. The summed E-state index contributed by atoms with van der Waals surface area (Å²) >= 11 is 0. The molecule has 0 aromatic heterocycles. The summed E-state index contributed by atoms with van der Waals surface area (Å²) in [6, 6.07) is 0. The lowest BCUT2D eigenvalue weighted by Gasteiger charge is -2.33. The van der Waals surface area contributed by atoms with E-state index in [1.54, 1.807) is 0 Å². The van der Waals surface area contributed by atoms with Gasteiger partial charge in [0.1, 0.15) is 19.8 Å². The molecule has 0 aromatic carbocycles. The van der Waals surface area contributed by atoms with Crippen molar-refractivity contribution in [2.24, 2.45) is 58.7 Å². The van der Waals surface area contributed by atoms with Crippen LogP contribution in [0, 0.1) is 58.7 Å². The van der Waals surface area contributed by atoms with Gasteiger partial charge in [-0.05, 0) is 80.5 Å². The third-order valence-corrected chi connectivity index (χ3v) is 10.1. The Hall–Kier alpha value is -2.37. The molecule has 6 nitrogen and oxygen atoms in total. The monoisotopic (exact) mass is 494 g/mol. The van der Waals surface area contributed by atoms with E-state index in [-0.39, 0.29) is 73.2 Å². The van der Waals surface area contributed by atoms with Crippen LogP contribution in [0.2, 0.25) is 0 Å². The van der Waals surface area contributed by atoms with Crippen LogP contribution in [-0.4, -0.2) is 37.7 Å². The van der Waals surface area contributed by atoms with Gasteiger partial charge in [0, 0.05) is 0 Å². The van der Waals surface area contributed by atoms with Gasteiger partial charge in [-0.2, -0.15) is 0 Å². The van der Waals surface area contributed by atoms with Crippen molar-refractivity contribution in [2.75, 3.05) is 19.8 Å². The predicted octanol–water partition coefficient (Wildman–Crippen LogP) is 4.65. The van der Waals surface area contributed by atoms with E-state index in [0.29, 0.717) is 24.2 Å². The number of hydrogen-bond donors (Lipinski definition) is 0. The summed E-state index contributed by atoms with van der Waals surface area (Å²) in [5.41, 5.74) is -0.741. The highest BCUT2D eigenvalue weighted by atomic mass is 16.6. The maximum atomic E-state index is 13.0. The van der Waals surface area contributed by atoms with E-state index in [2.05, 4.69) is 36.5 Å². The molecule has 36 heavy (non-hydrogen) atoms. The first-order valence-electron chi connectivity index (χ1n) is 14.0. The first-order valence-corrected chi connectivity index (χ1v) is 14.0. The van der Waals surface area contributed by atoms with Crippen LogP contribution in [0.5, 0.6) is 0 Å². The van der Waals surface area contributed by atoms with E-state index >= 15 is 0 Å². The molecule has 9 atom stereocenters. The number of ether oxygens (including phenoxy) is 3. The number of carbonyl (C=O) groups excluding carboxylic acids is 3. The Morgan fingerprint density at radius 3 is 1.14 bits per heavy atom. The summed E-state index contributed by atoms with van der Waals surface area (Å²) in [6.45, 7) is 2.26. The van der Waals surface area contributed by atoms with E-state index in [0.717, 1.165) is 38.5 Å². The molecule has 6 rings (SSSR count). The van der Waals surface area contributed by atoms with Gasteiger partial charge in [0.15, 0.2) is 0 Å². The molecular formula is C30H38O6. The smallest absolute Gasteiger partial charge is 0.309 e. The van der Waals surface area contributed by atoms with Crippen LogP contribution in [-0.2, 0) is 28.6 Å². The number of carbonyl (C=O) groups is 3. The summed E-state index contributed by atoms with van der Waals surface area (Å²) in [7, 11) is 0. The molecule has 6 heteroatoms. The van der Waals surface area contributed by atoms with Crippen LogP contribution < -0.4 is 0 Å². The number of fused-ring (bicyclic) bond motifs is 6. The van der Waals surface area contributed by atoms with Crippen molar-refractivity contribution in [1.29, 1.82) is 0 Å². The van der Waals surface area contributed by atoms with Gasteiger partial charge in [-0.1, -0.05) is 43.4 Å². The number of allylic oxidation sites excluding steroid dienone is 6. The minimum Gasteiger partial charge on any atom is -0.465 e. The highest BCUT2D eigenvalue weighted by Crippen LogP contribution is 2.46. The van der Waals surface area contributed by atoms with E-state index in [9.17, 15) is 14.4 Å². The van der Waals surface area contributed by atoms with Crippen LogP contribution in [0.25, 0.3) is 0 Å². The molecule has 6 bridgehead atoms. The Balaban J connectivity index is 1.10. The maximum absolute atomic E-state index is 13.0. The molecule has 6 aliphatic rings. The molecule has 6 aliphatic carbocycles. The Morgan fingerprint density at radius 2 is 0.917 bits per heavy atom. The molecule has 3 fully saturated rings. The molecule has 0 heterocycles. The second-order valence-corrected chi connectivity index (χ2v) is 12.3. The minimum absolute atomic E-state index is 0.0910. The van der Waals surface area contributed by atoms with Gasteiger partial charge in [-0.15, -0.1) is 0 Å². The van der Waals surface area contributed by atoms with Crippen LogP contribution in [0.1, 0.15) is 51.9 Å². The van der Waals surface area contributed by atoms with Crippen molar-refractivity contribution < 1.29 is 28.6 Å². The molecule has 0 spiro atoms. The topological polar surface area (TPSA) is 78.9 Å². The minimum atomic E-state index is -0.741. The van der Waals surface area contributed by atoms with Gasteiger partial charge >= 0.3 is 17.9 Å². The molecular weight excluding hydrogens is 456 g/mol. The number of hydrogen-bond acceptors (Lipinski definition) is 6. The van der Waals surface area contributed by atoms with Crippen LogP contribution in [0.15, 0.2) is 36.5 Å². The lowest BCUT2D eigenvalue weighted by Crippen LogP contribution is -2.41. The Kier molecular flexibility index (Phi) is 6.33. The zero-order valence-corrected chi connectivity index (χ0v) is 21.2. The quantitative estimate of drug-likeness (QED) is 0.250. The molecule has 0 aliphatic heterocycles.